The quantitative estimate of drug-likeness (QED) is 0.790. The lowest BCUT2D eigenvalue weighted by Crippen LogP contribution is -2.26. The third-order valence-electron chi connectivity index (χ3n) is 3.26. The molecule has 0 saturated heterocycles. The fourth-order valence-electron chi connectivity index (χ4n) is 2.23. The predicted octanol–water partition coefficient (Wildman–Crippen LogP) is 1.68. The number of rotatable bonds is 4. The van der Waals surface area contributed by atoms with E-state index in [0.717, 1.165) is 11.3 Å². The topological polar surface area (TPSA) is 89.9 Å². The van der Waals surface area contributed by atoms with E-state index in [1.807, 2.05) is 13.0 Å². The van der Waals surface area contributed by atoms with Crippen molar-refractivity contribution in [3.8, 4) is 0 Å². The van der Waals surface area contributed by atoms with Gasteiger partial charge in [0.25, 0.3) is 0 Å². The maximum atomic E-state index is 11.6. The average molecular weight is 294 g/mol. The molecule has 0 spiro atoms. The lowest BCUT2D eigenvalue weighted by atomic mass is 10.1. The first kappa shape index (κ1) is 13.7. The van der Waals surface area contributed by atoms with Crippen molar-refractivity contribution in [1.82, 2.24) is 19.6 Å². The number of primary amides is 1. The Morgan fingerprint density at radius 2 is 1.95 bits per heavy atom. The minimum absolute atomic E-state index is 0.457. The molecular weight excluding hydrogens is 280 g/mol. The average Bonchev–Trinajstić information content (AvgIpc) is 3.04. The van der Waals surface area contributed by atoms with Crippen LogP contribution in [-0.2, 0) is 0 Å². The lowest BCUT2D eigenvalue weighted by Gasteiger charge is -2.25. The van der Waals surface area contributed by atoms with Crippen LogP contribution in [0.4, 0.5) is 11.6 Å². The summed E-state index contributed by atoms with van der Waals surface area (Å²) in [6.07, 6.45) is 8.36. The van der Waals surface area contributed by atoms with Gasteiger partial charge in [0.05, 0.1) is 5.69 Å². The number of amides is 1. The van der Waals surface area contributed by atoms with Crippen molar-refractivity contribution in [3.63, 3.8) is 0 Å². The van der Waals surface area contributed by atoms with Gasteiger partial charge in [0.1, 0.15) is 6.33 Å². The van der Waals surface area contributed by atoms with Crippen LogP contribution in [0, 0.1) is 6.92 Å². The smallest absolute Gasteiger partial charge is 0.249 e. The second-order valence-corrected chi connectivity index (χ2v) is 4.62. The molecule has 22 heavy (non-hydrogen) atoms. The van der Waals surface area contributed by atoms with Crippen molar-refractivity contribution in [1.29, 1.82) is 0 Å². The highest BCUT2D eigenvalue weighted by Crippen LogP contribution is 2.28. The second kappa shape index (κ2) is 5.65. The molecule has 3 rings (SSSR count). The molecule has 0 fully saturated rings. The number of nitrogens with two attached hydrogens (primary N) is 1. The van der Waals surface area contributed by atoms with Crippen LogP contribution in [0.2, 0.25) is 0 Å². The Morgan fingerprint density at radius 1 is 1.18 bits per heavy atom. The number of hydrogen-bond acceptors (Lipinski definition) is 5. The number of aromatic nitrogens is 4. The number of carbonyl (C=O) groups is 1. The van der Waals surface area contributed by atoms with Crippen molar-refractivity contribution >= 4 is 17.5 Å². The highest BCUT2D eigenvalue weighted by atomic mass is 16.1. The van der Waals surface area contributed by atoms with Gasteiger partial charge in [-0.2, -0.15) is 0 Å². The number of imidazole rings is 1. The zero-order valence-corrected chi connectivity index (χ0v) is 11.9. The van der Waals surface area contributed by atoms with Gasteiger partial charge >= 0.3 is 0 Å². The van der Waals surface area contributed by atoms with Crippen LogP contribution in [0.5, 0.6) is 0 Å². The highest BCUT2D eigenvalue weighted by molar-refractivity contribution is 5.96. The number of benzene rings is 1. The summed E-state index contributed by atoms with van der Waals surface area (Å²) in [6, 6.07) is 7.08. The molecule has 3 aromatic rings. The molecule has 2 heterocycles. The van der Waals surface area contributed by atoms with Gasteiger partial charge in [-0.3, -0.25) is 4.79 Å². The summed E-state index contributed by atoms with van der Waals surface area (Å²) in [6.45, 7) is 1.84. The van der Waals surface area contributed by atoms with Crippen LogP contribution >= 0.6 is 0 Å². The SMILES string of the molecule is Cc1c(C(N)=O)cccc1N(c1ncccn1)n1ccnc1. The van der Waals surface area contributed by atoms with Gasteiger partial charge in [0.15, 0.2) is 0 Å². The molecule has 2 N–H and O–H groups in total. The van der Waals surface area contributed by atoms with Gasteiger partial charge in [-0.15, -0.1) is 0 Å². The summed E-state index contributed by atoms with van der Waals surface area (Å²) in [7, 11) is 0. The second-order valence-electron chi connectivity index (χ2n) is 4.62. The molecule has 0 unspecified atom stereocenters. The fraction of sp³-hybridized carbons (Fsp3) is 0.0667. The maximum absolute atomic E-state index is 11.6. The van der Waals surface area contributed by atoms with Gasteiger partial charge in [0, 0.05) is 30.4 Å². The van der Waals surface area contributed by atoms with Gasteiger partial charge in [-0.1, -0.05) is 6.07 Å². The molecule has 0 atom stereocenters. The first-order chi connectivity index (χ1) is 10.7. The molecule has 0 aliphatic heterocycles. The number of nitrogens with zero attached hydrogens (tertiary/aromatic N) is 5. The van der Waals surface area contributed by atoms with E-state index in [0.29, 0.717) is 11.5 Å². The molecule has 110 valence electrons. The van der Waals surface area contributed by atoms with E-state index in [1.54, 1.807) is 59.0 Å². The van der Waals surface area contributed by atoms with E-state index in [-0.39, 0.29) is 0 Å². The standard InChI is InChI=1S/C15H14N6O/c1-11-12(14(16)22)4-2-5-13(11)21(20-9-8-17-10-20)15-18-6-3-7-19-15/h2-10H,1H3,(H2,16,22). The van der Waals surface area contributed by atoms with Gasteiger partial charge < -0.3 is 5.73 Å². The molecule has 1 aromatic carbocycles. The molecule has 2 aromatic heterocycles. The summed E-state index contributed by atoms with van der Waals surface area (Å²) in [4.78, 5) is 24.2. The lowest BCUT2D eigenvalue weighted by molar-refractivity contribution is 0.0999. The van der Waals surface area contributed by atoms with Gasteiger partial charge in [-0.05, 0) is 30.7 Å². The van der Waals surface area contributed by atoms with Crippen LogP contribution in [0.1, 0.15) is 15.9 Å². The Bertz CT molecular complexity index is 785. The highest BCUT2D eigenvalue weighted by Gasteiger charge is 2.18. The Balaban J connectivity index is 2.20. The third kappa shape index (κ3) is 2.39. The monoisotopic (exact) mass is 294 g/mol. The summed E-state index contributed by atoms with van der Waals surface area (Å²) in [5, 5.41) is 1.76. The predicted molar refractivity (Wildman–Crippen MR) is 81.5 cm³/mol. The molecule has 0 radical (unpaired) electrons. The molecule has 0 aliphatic carbocycles. The van der Waals surface area contributed by atoms with Crippen LogP contribution in [-0.4, -0.2) is 25.5 Å². The normalized spacial score (nSPS) is 10.4. The first-order valence-electron chi connectivity index (χ1n) is 6.63. The minimum atomic E-state index is -0.473. The summed E-state index contributed by atoms with van der Waals surface area (Å²) in [5.74, 6) is -0.0101. The molecule has 0 bridgehead atoms. The Kier molecular flexibility index (Phi) is 3.53. The fourth-order valence-corrected chi connectivity index (χ4v) is 2.23. The molecule has 7 heteroatoms. The van der Waals surface area contributed by atoms with E-state index < -0.39 is 5.91 Å². The summed E-state index contributed by atoms with van der Waals surface area (Å²) >= 11 is 0. The molecule has 7 nitrogen and oxygen atoms in total. The number of carbonyl (C=O) groups excluding carboxylic acids is 1. The van der Waals surface area contributed by atoms with Crippen molar-refractivity contribution in [2.24, 2.45) is 5.73 Å². The zero-order chi connectivity index (χ0) is 15.5. The van der Waals surface area contributed by atoms with Crippen LogP contribution in [0.25, 0.3) is 0 Å². The van der Waals surface area contributed by atoms with Crippen LogP contribution in [0.15, 0.2) is 55.4 Å². The van der Waals surface area contributed by atoms with Crippen molar-refractivity contribution in [2.75, 3.05) is 5.01 Å². The molecule has 0 saturated carbocycles. The molecule has 1 amide bonds. The number of hydrogen-bond donors (Lipinski definition) is 1. The van der Waals surface area contributed by atoms with E-state index in [9.17, 15) is 4.79 Å². The van der Waals surface area contributed by atoms with E-state index >= 15 is 0 Å². The Hall–Kier alpha value is -3.22. The zero-order valence-electron chi connectivity index (χ0n) is 11.9. The minimum Gasteiger partial charge on any atom is -0.366 e. The van der Waals surface area contributed by atoms with Gasteiger partial charge in [-0.25, -0.2) is 24.6 Å². The Morgan fingerprint density at radius 3 is 2.59 bits per heavy atom. The maximum Gasteiger partial charge on any atom is 0.249 e. The van der Waals surface area contributed by atoms with E-state index in [1.165, 1.54) is 0 Å². The largest absolute Gasteiger partial charge is 0.366 e. The number of anilines is 2. The summed E-state index contributed by atoms with van der Waals surface area (Å²) < 4.78 is 1.74. The van der Waals surface area contributed by atoms with E-state index in [4.69, 9.17) is 5.73 Å². The van der Waals surface area contributed by atoms with Crippen LogP contribution in [0.3, 0.4) is 0 Å². The van der Waals surface area contributed by atoms with Crippen LogP contribution < -0.4 is 10.7 Å². The Labute approximate surface area is 127 Å². The third-order valence-corrected chi connectivity index (χ3v) is 3.26. The van der Waals surface area contributed by atoms with Crippen molar-refractivity contribution in [3.05, 3.63) is 66.5 Å². The molecule has 0 aliphatic rings. The van der Waals surface area contributed by atoms with Gasteiger partial charge in [0.2, 0.25) is 11.9 Å². The molecular formula is C15H14N6O. The van der Waals surface area contributed by atoms with Crippen molar-refractivity contribution < 1.29 is 4.79 Å². The van der Waals surface area contributed by atoms with Crippen molar-refractivity contribution in [2.45, 2.75) is 6.92 Å². The van der Waals surface area contributed by atoms with E-state index in [2.05, 4.69) is 15.0 Å². The summed E-state index contributed by atoms with van der Waals surface area (Å²) in [5.41, 5.74) is 7.39. The first-order valence-corrected chi connectivity index (χ1v) is 6.63.